The minimum Gasteiger partial charge on any atom is -0.462 e. The van der Waals surface area contributed by atoms with E-state index >= 15 is 0 Å². The summed E-state index contributed by atoms with van der Waals surface area (Å²) in [5, 5.41) is 9.84. The largest absolute Gasteiger partial charge is 0.472 e. The molecule has 0 amide bonds. The molecule has 12 heteroatoms. The van der Waals surface area contributed by atoms with Crippen LogP contribution >= 0.6 is 7.82 Å². The molecule has 0 aliphatic carbocycles. The third-order valence-corrected chi connectivity index (χ3v) is 13.2. The molecule has 0 radical (unpaired) electrons. The predicted molar refractivity (Wildman–Crippen MR) is 334 cm³/mol. The van der Waals surface area contributed by atoms with Crippen molar-refractivity contribution < 1.29 is 52.2 Å². The fourth-order valence-electron chi connectivity index (χ4n) is 7.64. The highest BCUT2D eigenvalue weighted by Crippen LogP contribution is 2.43. The highest BCUT2D eigenvalue weighted by Gasteiger charge is 2.28. The lowest BCUT2D eigenvalue weighted by Crippen LogP contribution is -2.30. The summed E-state index contributed by atoms with van der Waals surface area (Å²) in [5.41, 5.74) is 0. The number of hydrogen-bond acceptors (Lipinski definition) is 10. The molecule has 452 valence electrons. The molecule has 0 saturated carbocycles. The van der Waals surface area contributed by atoms with Gasteiger partial charge in [0.2, 0.25) is 0 Å². The van der Waals surface area contributed by atoms with Gasteiger partial charge in [0.05, 0.1) is 19.8 Å². The molecular weight excluding hydrogens is 1020 g/mol. The summed E-state index contributed by atoms with van der Waals surface area (Å²) in [5.74, 6) is -1.61. The van der Waals surface area contributed by atoms with Crippen LogP contribution in [-0.4, -0.2) is 66.5 Å². The van der Waals surface area contributed by atoms with Crippen LogP contribution in [-0.2, 0) is 42.2 Å². The molecule has 0 aromatic rings. The molecule has 11 nitrogen and oxygen atoms in total. The van der Waals surface area contributed by atoms with Crippen LogP contribution in [0.15, 0.2) is 146 Å². The first kappa shape index (κ1) is 75.4. The summed E-state index contributed by atoms with van der Waals surface area (Å²) in [7, 11) is -4.79. The average Bonchev–Trinajstić information content (AvgIpc) is 3.45. The Morgan fingerprint density at radius 3 is 1.05 bits per heavy atom. The minimum atomic E-state index is -4.79. The maximum Gasteiger partial charge on any atom is 0.472 e. The number of unbranched alkanes of at least 4 members (excludes halogenated alkanes) is 14. The maximum absolute atomic E-state index is 12.9. The van der Waals surface area contributed by atoms with E-state index in [-0.39, 0.29) is 19.3 Å². The van der Waals surface area contributed by atoms with Gasteiger partial charge in [0.1, 0.15) is 12.7 Å². The smallest absolute Gasteiger partial charge is 0.462 e. The van der Waals surface area contributed by atoms with E-state index in [4.69, 9.17) is 23.3 Å². The van der Waals surface area contributed by atoms with E-state index in [0.29, 0.717) is 19.3 Å². The van der Waals surface area contributed by atoms with Crippen LogP contribution in [0.25, 0.3) is 0 Å². The maximum atomic E-state index is 12.9. The van der Waals surface area contributed by atoms with E-state index in [1.807, 2.05) is 12.2 Å². The minimum absolute atomic E-state index is 0.0889. The Balaban J connectivity index is 4.89. The molecule has 0 saturated heterocycles. The van der Waals surface area contributed by atoms with Crippen molar-refractivity contribution in [1.82, 2.24) is 0 Å². The topological polar surface area (TPSA) is 155 Å². The van der Waals surface area contributed by atoms with Crippen molar-refractivity contribution in [3.63, 3.8) is 0 Å². The van der Waals surface area contributed by atoms with E-state index in [1.54, 1.807) is 0 Å². The fourth-order valence-corrected chi connectivity index (χ4v) is 8.42. The number of ether oxygens (including phenoxy) is 3. The highest BCUT2D eigenvalue weighted by atomic mass is 31.2. The lowest BCUT2D eigenvalue weighted by molar-refractivity contribution is -0.161. The van der Waals surface area contributed by atoms with Crippen LogP contribution in [0.3, 0.4) is 0 Å². The number of rotatable bonds is 55. The van der Waals surface area contributed by atoms with E-state index in [0.717, 1.165) is 148 Å². The SMILES string of the molecule is CC/C=C\C/C=C\C/C=C\C/C=C\C/C=C\C/C=C\CCC(=O)OCC(COP(=O)(O)OCC(CO)OC(=O)CCCCCCC/C=C\C/C=C\CCCCC)OC(=O)CCCCCCCC/C=C\C/C=C\C/C=C\C/C=C\CC. The molecule has 3 atom stereocenters. The lowest BCUT2D eigenvalue weighted by atomic mass is 10.1. The van der Waals surface area contributed by atoms with E-state index in [1.165, 1.54) is 19.3 Å². The number of allylic oxidation sites excluding steroid dienone is 24. The Labute approximate surface area is 486 Å². The number of phosphoric ester groups is 1. The Bertz CT molecular complexity index is 1900. The predicted octanol–water partition coefficient (Wildman–Crippen LogP) is 18.7. The number of hydrogen-bond donors (Lipinski definition) is 2. The Morgan fingerprint density at radius 1 is 0.362 bits per heavy atom. The number of aliphatic hydroxyl groups excluding tert-OH is 1. The van der Waals surface area contributed by atoms with Gasteiger partial charge in [-0.15, -0.1) is 0 Å². The Kier molecular flexibility index (Phi) is 56.9. The molecule has 0 fully saturated rings. The zero-order chi connectivity index (χ0) is 58.3. The molecule has 0 aromatic carbocycles. The van der Waals surface area contributed by atoms with Crippen molar-refractivity contribution in [2.24, 2.45) is 0 Å². The van der Waals surface area contributed by atoms with E-state index in [2.05, 4.69) is 154 Å². The monoisotopic (exact) mass is 1130 g/mol. The van der Waals surface area contributed by atoms with Crippen LogP contribution in [0.5, 0.6) is 0 Å². The van der Waals surface area contributed by atoms with Gasteiger partial charge in [-0.2, -0.15) is 0 Å². The first-order valence-electron chi connectivity index (χ1n) is 30.7. The van der Waals surface area contributed by atoms with Crippen LogP contribution in [0.2, 0.25) is 0 Å². The normalized spacial score (nSPS) is 14.3. The molecular formula is C68H109O11P. The Morgan fingerprint density at radius 2 is 0.675 bits per heavy atom. The molecule has 0 rings (SSSR count). The van der Waals surface area contributed by atoms with Crippen molar-refractivity contribution in [1.29, 1.82) is 0 Å². The van der Waals surface area contributed by atoms with Crippen molar-refractivity contribution in [2.75, 3.05) is 26.4 Å². The summed E-state index contributed by atoms with van der Waals surface area (Å²) in [6.07, 6.45) is 78.1. The van der Waals surface area contributed by atoms with Crippen LogP contribution < -0.4 is 0 Å². The van der Waals surface area contributed by atoms with Gasteiger partial charge in [-0.05, 0) is 128 Å². The third-order valence-electron chi connectivity index (χ3n) is 12.2. The van der Waals surface area contributed by atoms with Gasteiger partial charge in [-0.3, -0.25) is 23.4 Å². The number of phosphoric acid groups is 1. The molecule has 0 aliphatic rings. The molecule has 3 unspecified atom stereocenters. The standard InChI is InChI=1S/C68H109O11P/c1-4-7-10-13-16-19-22-25-28-30-32-34-37-39-42-45-48-51-54-57-66(70)75-61-65(79-68(72)59-56-53-50-47-44-41-38-35-33-31-29-26-23-20-17-14-11-8-5-2)63-77-80(73,74)76-62-64(60-69)78-67(71)58-55-52-49-46-43-40-36-27-24-21-18-15-12-9-6-3/h7-8,10-11,16-21,25-29,32-36,39,42,48,51,64-65,69H,4-6,9,12-15,22-24,30-31,37-38,40-41,43-47,49-50,52-63H2,1-3H3,(H,73,74)/b10-7-,11-8-,19-16-,20-17-,21-18-,28-25-,29-26-,34-32-,35-33-,36-27-,42-39-,51-48-. The first-order chi connectivity index (χ1) is 39.2. The third kappa shape index (κ3) is 58.0. The van der Waals surface area contributed by atoms with E-state index in [9.17, 15) is 28.9 Å². The van der Waals surface area contributed by atoms with E-state index < -0.39 is 64.4 Å². The van der Waals surface area contributed by atoms with Crippen molar-refractivity contribution >= 4 is 25.7 Å². The second kappa shape index (κ2) is 60.5. The van der Waals surface area contributed by atoms with Gasteiger partial charge in [-0.25, -0.2) is 4.57 Å². The quantitative estimate of drug-likeness (QED) is 0.0197. The second-order valence-electron chi connectivity index (χ2n) is 19.7. The number of carbonyl (C=O) groups excluding carboxylic acids is 3. The van der Waals surface area contributed by atoms with Gasteiger partial charge in [0, 0.05) is 19.3 Å². The summed E-state index contributed by atoms with van der Waals surface area (Å²) >= 11 is 0. The summed E-state index contributed by atoms with van der Waals surface area (Å²) in [6.45, 7) is 4.27. The van der Waals surface area contributed by atoms with Crippen molar-refractivity contribution in [2.45, 2.75) is 238 Å². The highest BCUT2D eigenvalue weighted by molar-refractivity contribution is 7.47. The first-order valence-corrected chi connectivity index (χ1v) is 32.2. The lowest BCUT2D eigenvalue weighted by Gasteiger charge is -2.21. The van der Waals surface area contributed by atoms with Gasteiger partial charge in [0.25, 0.3) is 0 Å². The number of carbonyl (C=O) groups is 3. The summed E-state index contributed by atoms with van der Waals surface area (Å²) < 4.78 is 39.5. The number of esters is 3. The zero-order valence-corrected chi connectivity index (χ0v) is 50.9. The zero-order valence-electron chi connectivity index (χ0n) is 50.0. The van der Waals surface area contributed by atoms with Crippen molar-refractivity contribution in [3.05, 3.63) is 146 Å². The number of aliphatic hydroxyl groups is 1. The summed E-state index contributed by atoms with van der Waals surface area (Å²) in [4.78, 5) is 48.7. The van der Waals surface area contributed by atoms with Gasteiger partial charge in [0.15, 0.2) is 6.10 Å². The van der Waals surface area contributed by atoms with Gasteiger partial charge >= 0.3 is 25.7 Å². The second-order valence-corrected chi connectivity index (χ2v) is 21.2. The van der Waals surface area contributed by atoms with Gasteiger partial charge in [-0.1, -0.05) is 224 Å². The fraction of sp³-hybridized carbons (Fsp3) is 0.603. The molecule has 0 spiro atoms. The Hall–Kier alpha value is -4.64. The molecule has 0 aromatic heterocycles. The van der Waals surface area contributed by atoms with Crippen LogP contribution in [0, 0.1) is 0 Å². The average molecular weight is 1130 g/mol. The van der Waals surface area contributed by atoms with Crippen LogP contribution in [0.1, 0.15) is 226 Å². The van der Waals surface area contributed by atoms with Crippen molar-refractivity contribution in [3.8, 4) is 0 Å². The molecule has 2 N–H and O–H groups in total. The molecule has 0 heterocycles. The van der Waals surface area contributed by atoms with Crippen LogP contribution in [0.4, 0.5) is 0 Å². The summed E-state index contributed by atoms with van der Waals surface area (Å²) in [6, 6.07) is 0. The van der Waals surface area contributed by atoms with Gasteiger partial charge < -0.3 is 24.2 Å². The molecule has 0 aliphatic heterocycles. The molecule has 0 bridgehead atoms. The molecule has 80 heavy (non-hydrogen) atoms.